The van der Waals surface area contributed by atoms with Gasteiger partial charge in [0.25, 0.3) is 0 Å². The molecule has 0 radical (unpaired) electrons. The first-order valence-electron chi connectivity index (χ1n) is 19.3. The van der Waals surface area contributed by atoms with E-state index in [-0.39, 0.29) is 0 Å². The second-order valence-electron chi connectivity index (χ2n) is 15.4. The maximum atomic E-state index is 2.41. The zero-order chi connectivity index (χ0) is 35.3. The summed E-state index contributed by atoms with van der Waals surface area (Å²) in [5.41, 5.74) is 11.3. The quantitative estimate of drug-likeness (QED) is 0.164. The van der Waals surface area contributed by atoms with Crippen molar-refractivity contribution in [2.24, 2.45) is 5.92 Å². The van der Waals surface area contributed by atoms with Crippen molar-refractivity contribution < 1.29 is 0 Å². The Balaban J connectivity index is 0.943. The van der Waals surface area contributed by atoms with Gasteiger partial charge < -0.3 is 0 Å². The number of thioether (sulfide) groups is 1. The van der Waals surface area contributed by atoms with Crippen LogP contribution in [0.4, 0.5) is 0 Å². The van der Waals surface area contributed by atoms with Crippen LogP contribution in [0.5, 0.6) is 0 Å². The molecular weight excluding hydrogens is 689 g/mol. The largest absolute Gasteiger partial charge is 0.134 e. The van der Waals surface area contributed by atoms with Gasteiger partial charge in [-0.1, -0.05) is 163 Å². The topological polar surface area (TPSA) is 0 Å². The van der Waals surface area contributed by atoms with E-state index in [0.29, 0.717) is 11.8 Å². The highest BCUT2D eigenvalue weighted by Gasteiger charge is 2.35. The number of hydrogen-bond donors (Lipinski definition) is 0. The van der Waals surface area contributed by atoms with E-state index in [0.717, 1.165) is 12.8 Å². The Labute approximate surface area is 323 Å². The van der Waals surface area contributed by atoms with Crippen LogP contribution in [0.3, 0.4) is 0 Å². The summed E-state index contributed by atoms with van der Waals surface area (Å²) in [6.07, 6.45) is 18.8. The highest BCUT2D eigenvalue weighted by Crippen LogP contribution is 2.60. The van der Waals surface area contributed by atoms with Gasteiger partial charge in [0.05, 0.1) is 4.70 Å². The van der Waals surface area contributed by atoms with Crippen LogP contribution in [0.25, 0.3) is 74.8 Å². The van der Waals surface area contributed by atoms with Crippen LogP contribution in [0.1, 0.15) is 48.3 Å². The lowest BCUT2D eigenvalue weighted by Crippen LogP contribution is -2.10. The molecule has 0 bridgehead atoms. The zero-order valence-corrected chi connectivity index (χ0v) is 31.4. The van der Waals surface area contributed by atoms with Crippen molar-refractivity contribution in [3.05, 3.63) is 185 Å². The molecule has 256 valence electrons. The van der Waals surface area contributed by atoms with Crippen molar-refractivity contribution in [1.82, 2.24) is 0 Å². The summed E-state index contributed by atoms with van der Waals surface area (Å²) in [5.74, 6) is 1.00. The maximum Gasteiger partial charge on any atom is 0.0504 e. The van der Waals surface area contributed by atoms with Gasteiger partial charge in [0.15, 0.2) is 0 Å². The average molecular weight is 725 g/mol. The van der Waals surface area contributed by atoms with Gasteiger partial charge in [-0.05, 0) is 119 Å². The molecule has 0 fully saturated rings. The molecule has 2 heterocycles. The number of thiophene rings is 1. The van der Waals surface area contributed by atoms with Crippen molar-refractivity contribution in [3.63, 3.8) is 0 Å². The standard InChI is InChI=1S/C52H36S2/c1-2-12-34-29-36(26-23-31(34)11-1)48-39-15-5-3-13-37(39)47(38-14-4-6-16-40(38)48)33-24-21-32(22-25-33)35-27-28-46-44(30-35)50-42-18-8-7-17-41(42)49-43-19-9-10-20-45(43)53-51(49)52(50)54-46/h1,3-11,13-28,34,44H,2,12,29-30H2. The number of hydrogen-bond acceptors (Lipinski definition) is 2. The summed E-state index contributed by atoms with van der Waals surface area (Å²) in [7, 11) is 0. The van der Waals surface area contributed by atoms with Crippen LogP contribution in [0.15, 0.2) is 173 Å². The van der Waals surface area contributed by atoms with Crippen LogP contribution in [0.2, 0.25) is 0 Å². The van der Waals surface area contributed by atoms with Gasteiger partial charge in [-0.15, -0.1) is 11.3 Å². The third-order valence-electron chi connectivity index (χ3n) is 12.5. The number of rotatable bonds is 3. The summed E-state index contributed by atoms with van der Waals surface area (Å²) in [4.78, 5) is 2.96. The van der Waals surface area contributed by atoms with Gasteiger partial charge in [0.2, 0.25) is 0 Å². The van der Waals surface area contributed by atoms with E-state index >= 15 is 0 Å². The SMILES string of the molecule is C1=CC2=CC=C(c3c4ccccc4c(-c4ccc(C5=CC=C6Sc7c(c8ccccc8c8c7sc7ccccc78)C6C5)cc4)c4ccccc34)CC2CC1. The monoisotopic (exact) mass is 724 g/mol. The summed E-state index contributed by atoms with van der Waals surface area (Å²) in [6, 6.07) is 45.8. The van der Waals surface area contributed by atoms with E-state index in [1.165, 1.54) is 120 Å². The fourth-order valence-electron chi connectivity index (χ4n) is 10.1. The highest BCUT2D eigenvalue weighted by atomic mass is 32.2. The van der Waals surface area contributed by atoms with Crippen molar-refractivity contribution in [2.75, 3.05) is 0 Å². The van der Waals surface area contributed by atoms with Crippen molar-refractivity contribution in [3.8, 4) is 11.1 Å². The summed E-state index contributed by atoms with van der Waals surface area (Å²) in [5, 5.41) is 11.0. The van der Waals surface area contributed by atoms with Crippen LogP contribution >= 0.6 is 23.1 Å². The molecule has 0 saturated carbocycles. The summed E-state index contributed by atoms with van der Waals surface area (Å²) < 4.78 is 2.83. The Morgan fingerprint density at radius 3 is 1.91 bits per heavy atom. The third kappa shape index (κ3) is 4.57. The highest BCUT2D eigenvalue weighted by molar-refractivity contribution is 8.03. The van der Waals surface area contributed by atoms with Gasteiger partial charge in [-0.3, -0.25) is 0 Å². The van der Waals surface area contributed by atoms with Crippen LogP contribution in [0, 0.1) is 5.92 Å². The minimum atomic E-state index is 0.384. The molecule has 2 unspecified atom stereocenters. The summed E-state index contributed by atoms with van der Waals surface area (Å²) >= 11 is 3.98. The normalized spacial score (nSPS) is 19.1. The number of benzene rings is 7. The molecule has 0 nitrogen and oxygen atoms in total. The average Bonchev–Trinajstić information content (AvgIpc) is 3.82. The molecule has 0 spiro atoms. The van der Waals surface area contributed by atoms with E-state index in [9.17, 15) is 0 Å². The molecule has 8 aromatic rings. The van der Waals surface area contributed by atoms with E-state index in [1.54, 1.807) is 0 Å². The minimum absolute atomic E-state index is 0.384. The van der Waals surface area contributed by atoms with Gasteiger partial charge in [-0.25, -0.2) is 0 Å². The first-order valence-corrected chi connectivity index (χ1v) is 21.0. The Morgan fingerprint density at radius 2 is 1.15 bits per heavy atom. The smallest absolute Gasteiger partial charge is 0.0504 e. The van der Waals surface area contributed by atoms with Gasteiger partial charge >= 0.3 is 0 Å². The van der Waals surface area contributed by atoms with Crippen LogP contribution < -0.4 is 0 Å². The molecule has 1 aliphatic heterocycles. The van der Waals surface area contributed by atoms with Gasteiger partial charge in [0.1, 0.15) is 0 Å². The minimum Gasteiger partial charge on any atom is -0.134 e. The maximum absolute atomic E-state index is 2.41. The molecule has 2 atom stereocenters. The molecule has 0 N–H and O–H groups in total. The van der Waals surface area contributed by atoms with Crippen LogP contribution in [-0.2, 0) is 0 Å². The van der Waals surface area contributed by atoms with E-state index in [4.69, 9.17) is 0 Å². The van der Waals surface area contributed by atoms with Gasteiger partial charge in [0, 0.05) is 26.3 Å². The van der Waals surface area contributed by atoms with E-state index in [1.807, 2.05) is 23.1 Å². The lowest BCUT2D eigenvalue weighted by molar-refractivity contribution is 0.573. The Hall–Kier alpha value is -5.41. The zero-order valence-electron chi connectivity index (χ0n) is 29.8. The molecule has 3 aliphatic carbocycles. The second-order valence-corrected chi connectivity index (χ2v) is 17.5. The Kier molecular flexibility index (Phi) is 6.92. The molecule has 1 aromatic heterocycles. The van der Waals surface area contributed by atoms with Crippen LogP contribution in [-0.4, -0.2) is 0 Å². The lowest BCUT2D eigenvalue weighted by atomic mass is 9.77. The molecule has 54 heavy (non-hydrogen) atoms. The number of fused-ring (bicyclic) bond motifs is 13. The fourth-order valence-corrected chi connectivity index (χ4v) is 12.7. The van der Waals surface area contributed by atoms with E-state index < -0.39 is 0 Å². The van der Waals surface area contributed by atoms with Gasteiger partial charge in [-0.2, -0.15) is 0 Å². The predicted molar refractivity (Wildman–Crippen MR) is 236 cm³/mol. The predicted octanol–water partition coefficient (Wildman–Crippen LogP) is 15.4. The molecule has 0 amide bonds. The van der Waals surface area contributed by atoms with Crippen molar-refractivity contribution in [1.29, 1.82) is 0 Å². The number of allylic oxidation sites excluding steroid dienone is 10. The Bertz CT molecular complexity index is 3010. The first kappa shape index (κ1) is 31.0. The third-order valence-corrected chi connectivity index (χ3v) is 15.1. The second kappa shape index (κ2) is 12.0. The molecular formula is C52H36S2. The summed E-state index contributed by atoms with van der Waals surface area (Å²) in [6.45, 7) is 0. The first-order chi connectivity index (χ1) is 26.8. The fraction of sp³-hybridized carbons (Fsp3) is 0.115. The Morgan fingerprint density at radius 1 is 0.519 bits per heavy atom. The van der Waals surface area contributed by atoms with E-state index in [2.05, 4.69) is 158 Å². The lowest BCUT2D eigenvalue weighted by Gasteiger charge is -2.27. The molecule has 12 rings (SSSR count). The molecule has 4 aliphatic rings. The van der Waals surface area contributed by atoms with Crippen molar-refractivity contribution in [2.45, 2.75) is 36.5 Å². The molecule has 7 aromatic carbocycles. The molecule has 0 saturated heterocycles. The molecule has 2 heteroatoms. The van der Waals surface area contributed by atoms with Crippen molar-refractivity contribution >= 4 is 86.7 Å².